The van der Waals surface area contributed by atoms with E-state index in [9.17, 15) is 0 Å². The third-order valence-electron chi connectivity index (χ3n) is 2.12. The van der Waals surface area contributed by atoms with E-state index in [1.54, 1.807) is 11.8 Å². The van der Waals surface area contributed by atoms with Crippen LogP contribution in [0.5, 0.6) is 11.5 Å². The SMILES string of the molecule is ClC/C=C/CSc1ccc2c(c1)OCCO2. The number of hydrogen-bond donors (Lipinski definition) is 0. The van der Waals surface area contributed by atoms with Gasteiger partial charge in [-0.25, -0.2) is 0 Å². The van der Waals surface area contributed by atoms with Crippen molar-refractivity contribution >= 4 is 23.4 Å². The largest absolute Gasteiger partial charge is 0.486 e. The van der Waals surface area contributed by atoms with Gasteiger partial charge in [-0.1, -0.05) is 12.2 Å². The van der Waals surface area contributed by atoms with E-state index < -0.39 is 0 Å². The van der Waals surface area contributed by atoms with Crippen LogP contribution in [0.15, 0.2) is 35.2 Å². The monoisotopic (exact) mass is 256 g/mol. The van der Waals surface area contributed by atoms with Gasteiger partial charge in [0.15, 0.2) is 11.5 Å². The Morgan fingerprint density at radius 1 is 1.19 bits per heavy atom. The highest BCUT2D eigenvalue weighted by atomic mass is 35.5. The number of rotatable bonds is 4. The minimum Gasteiger partial charge on any atom is -0.486 e. The van der Waals surface area contributed by atoms with Gasteiger partial charge in [0.25, 0.3) is 0 Å². The lowest BCUT2D eigenvalue weighted by Gasteiger charge is -2.18. The van der Waals surface area contributed by atoms with Crippen LogP contribution in [-0.4, -0.2) is 24.8 Å². The molecule has 1 aromatic rings. The summed E-state index contributed by atoms with van der Waals surface area (Å²) in [6.07, 6.45) is 4.01. The fourth-order valence-corrected chi connectivity index (χ4v) is 2.29. The number of fused-ring (bicyclic) bond motifs is 1. The molecule has 1 aliphatic rings. The summed E-state index contributed by atoms with van der Waals surface area (Å²) in [5, 5.41) is 0. The highest BCUT2D eigenvalue weighted by molar-refractivity contribution is 7.99. The molecule has 4 heteroatoms. The zero-order chi connectivity index (χ0) is 11.2. The molecule has 0 N–H and O–H groups in total. The summed E-state index contributed by atoms with van der Waals surface area (Å²) in [5.41, 5.74) is 0. The number of ether oxygens (including phenoxy) is 2. The molecule has 0 radical (unpaired) electrons. The van der Waals surface area contributed by atoms with E-state index in [2.05, 4.69) is 6.08 Å². The van der Waals surface area contributed by atoms with E-state index >= 15 is 0 Å². The van der Waals surface area contributed by atoms with Crippen molar-refractivity contribution in [2.24, 2.45) is 0 Å². The van der Waals surface area contributed by atoms with E-state index in [1.165, 1.54) is 4.90 Å². The maximum absolute atomic E-state index is 5.55. The van der Waals surface area contributed by atoms with Crippen LogP contribution in [0, 0.1) is 0 Å². The van der Waals surface area contributed by atoms with Crippen LogP contribution in [0.25, 0.3) is 0 Å². The van der Waals surface area contributed by atoms with Gasteiger partial charge >= 0.3 is 0 Å². The molecule has 0 saturated carbocycles. The molecule has 0 saturated heterocycles. The molecular weight excluding hydrogens is 244 g/mol. The Bertz CT molecular complexity index is 379. The summed E-state index contributed by atoms with van der Waals surface area (Å²) in [6, 6.07) is 6.03. The Hall–Kier alpha value is -0.800. The van der Waals surface area contributed by atoms with Crippen LogP contribution in [0.4, 0.5) is 0 Å². The van der Waals surface area contributed by atoms with Gasteiger partial charge in [0.2, 0.25) is 0 Å². The van der Waals surface area contributed by atoms with Crippen LogP contribution in [0.2, 0.25) is 0 Å². The van der Waals surface area contributed by atoms with Crippen molar-refractivity contribution < 1.29 is 9.47 Å². The van der Waals surface area contributed by atoms with Crippen molar-refractivity contribution in [1.29, 1.82) is 0 Å². The molecule has 2 nitrogen and oxygen atoms in total. The molecule has 1 aliphatic heterocycles. The average Bonchev–Trinajstić information content (AvgIpc) is 2.34. The lowest BCUT2D eigenvalue weighted by Crippen LogP contribution is -2.15. The molecule has 0 atom stereocenters. The summed E-state index contributed by atoms with van der Waals surface area (Å²) in [4.78, 5) is 1.18. The standard InChI is InChI=1S/C12H13ClO2S/c13-5-1-2-8-16-10-3-4-11-12(9-10)15-7-6-14-11/h1-4,9H,5-8H2/b2-1+. The number of halogens is 1. The first-order valence-corrected chi connectivity index (χ1v) is 6.65. The van der Waals surface area contributed by atoms with Crippen LogP contribution >= 0.6 is 23.4 Å². The van der Waals surface area contributed by atoms with Gasteiger partial charge in [-0.05, 0) is 18.2 Å². The van der Waals surface area contributed by atoms with E-state index in [1.807, 2.05) is 24.3 Å². The molecule has 0 unspecified atom stereocenters. The molecule has 1 aromatic carbocycles. The lowest BCUT2D eigenvalue weighted by atomic mass is 10.3. The van der Waals surface area contributed by atoms with Gasteiger partial charge < -0.3 is 9.47 Å². The Labute approximate surface area is 105 Å². The average molecular weight is 257 g/mol. The van der Waals surface area contributed by atoms with Crippen molar-refractivity contribution in [2.75, 3.05) is 24.8 Å². The van der Waals surface area contributed by atoms with Crippen molar-refractivity contribution in [1.82, 2.24) is 0 Å². The van der Waals surface area contributed by atoms with Gasteiger partial charge in [-0.15, -0.1) is 23.4 Å². The second-order valence-corrected chi connectivity index (χ2v) is 4.64. The summed E-state index contributed by atoms with van der Waals surface area (Å²) in [7, 11) is 0. The quantitative estimate of drug-likeness (QED) is 0.468. The third kappa shape index (κ3) is 3.09. The minimum absolute atomic E-state index is 0.571. The second kappa shape index (κ2) is 6.06. The van der Waals surface area contributed by atoms with Crippen LogP contribution in [0.3, 0.4) is 0 Å². The molecule has 0 aliphatic carbocycles. The van der Waals surface area contributed by atoms with Gasteiger partial charge in [-0.3, -0.25) is 0 Å². The summed E-state index contributed by atoms with van der Waals surface area (Å²) in [5.74, 6) is 3.18. The first-order chi connectivity index (χ1) is 7.90. The lowest BCUT2D eigenvalue weighted by molar-refractivity contribution is 0.171. The highest BCUT2D eigenvalue weighted by Crippen LogP contribution is 2.34. The predicted molar refractivity (Wildman–Crippen MR) is 68.0 cm³/mol. The maximum Gasteiger partial charge on any atom is 0.162 e. The molecule has 2 rings (SSSR count). The first-order valence-electron chi connectivity index (χ1n) is 5.13. The van der Waals surface area contributed by atoms with Gasteiger partial charge in [0.1, 0.15) is 13.2 Å². The first kappa shape index (κ1) is 11.7. The number of benzene rings is 1. The second-order valence-electron chi connectivity index (χ2n) is 3.24. The van der Waals surface area contributed by atoms with Crippen molar-refractivity contribution in [3.05, 3.63) is 30.4 Å². The third-order valence-corrected chi connectivity index (χ3v) is 3.24. The van der Waals surface area contributed by atoms with E-state index in [4.69, 9.17) is 21.1 Å². The number of alkyl halides is 1. The summed E-state index contributed by atoms with van der Waals surface area (Å²) < 4.78 is 11.0. The van der Waals surface area contributed by atoms with Gasteiger partial charge in [0, 0.05) is 16.5 Å². The molecular formula is C12H13ClO2S. The topological polar surface area (TPSA) is 18.5 Å². The Balaban J connectivity index is 1.97. The number of allylic oxidation sites excluding steroid dienone is 1. The fourth-order valence-electron chi connectivity index (χ4n) is 1.39. The molecule has 16 heavy (non-hydrogen) atoms. The normalized spacial score (nSPS) is 14.3. The molecule has 0 spiro atoms. The Kier molecular flexibility index (Phi) is 4.43. The zero-order valence-electron chi connectivity index (χ0n) is 8.82. The summed E-state index contributed by atoms with van der Waals surface area (Å²) in [6.45, 7) is 1.27. The van der Waals surface area contributed by atoms with E-state index in [0.717, 1.165) is 17.3 Å². The van der Waals surface area contributed by atoms with Crippen LogP contribution < -0.4 is 9.47 Å². The Morgan fingerprint density at radius 3 is 2.81 bits per heavy atom. The van der Waals surface area contributed by atoms with E-state index in [0.29, 0.717) is 19.1 Å². The molecule has 0 amide bonds. The Morgan fingerprint density at radius 2 is 2.00 bits per heavy atom. The van der Waals surface area contributed by atoms with Crippen LogP contribution in [-0.2, 0) is 0 Å². The molecule has 0 fully saturated rings. The van der Waals surface area contributed by atoms with Crippen molar-refractivity contribution in [2.45, 2.75) is 4.90 Å². The number of hydrogen-bond acceptors (Lipinski definition) is 3. The highest BCUT2D eigenvalue weighted by Gasteiger charge is 2.11. The van der Waals surface area contributed by atoms with Gasteiger partial charge in [0.05, 0.1) is 0 Å². The van der Waals surface area contributed by atoms with Crippen LogP contribution in [0.1, 0.15) is 0 Å². The maximum atomic E-state index is 5.55. The minimum atomic E-state index is 0.571. The molecule has 0 bridgehead atoms. The molecule has 0 aromatic heterocycles. The number of thioether (sulfide) groups is 1. The predicted octanol–water partition coefficient (Wildman–Crippen LogP) is 3.34. The summed E-state index contributed by atoms with van der Waals surface area (Å²) >= 11 is 7.30. The van der Waals surface area contributed by atoms with Crippen molar-refractivity contribution in [3.8, 4) is 11.5 Å². The van der Waals surface area contributed by atoms with Crippen molar-refractivity contribution in [3.63, 3.8) is 0 Å². The fraction of sp³-hybridized carbons (Fsp3) is 0.333. The zero-order valence-corrected chi connectivity index (χ0v) is 10.4. The smallest absolute Gasteiger partial charge is 0.162 e. The van der Waals surface area contributed by atoms with Gasteiger partial charge in [-0.2, -0.15) is 0 Å². The molecule has 86 valence electrons. The molecule has 1 heterocycles. The van der Waals surface area contributed by atoms with E-state index in [-0.39, 0.29) is 0 Å².